The molecule has 0 aliphatic carbocycles. The van der Waals surface area contributed by atoms with Crippen LogP contribution in [-0.2, 0) is 18.1 Å². The van der Waals surface area contributed by atoms with E-state index in [1.165, 1.54) is 17.5 Å². The Morgan fingerprint density at radius 1 is 1.05 bits per heavy atom. The Balaban J connectivity index is 1.83. The molecule has 0 aliphatic rings. The molecule has 1 unspecified atom stereocenters. The van der Waals surface area contributed by atoms with Crippen molar-refractivity contribution in [2.75, 3.05) is 0 Å². The molecule has 2 rings (SSSR count). The summed E-state index contributed by atoms with van der Waals surface area (Å²) >= 11 is 0. The second kappa shape index (κ2) is 7.05. The second-order valence-electron chi connectivity index (χ2n) is 4.92. The lowest BCUT2D eigenvalue weighted by Gasteiger charge is -2.09. The van der Waals surface area contributed by atoms with Crippen LogP contribution in [0.25, 0.3) is 0 Å². The van der Waals surface area contributed by atoms with E-state index in [2.05, 4.69) is 38.1 Å². The molecule has 1 heterocycles. The maximum atomic E-state index is 5.70. The van der Waals surface area contributed by atoms with Gasteiger partial charge in [-0.1, -0.05) is 44.2 Å². The van der Waals surface area contributed by atoms with Crippen LogP contribution in [0.3, 0.4) is 0 Å². The van der Waals surface area contributed by atoms with Crippen molar-refractivity contribution in [1.82, 2.24) is 0 Å². The van der Waals surface area contributed by atoms with Gasteiger partial charge in [-0.25, -0.2) is 0 Å². The molecule has 2 heteroatoms. The maximum Gasteiger partial charge on any atom is 0.252 e. The first kappa shape index (κ1) is 13.8. The summed E-state index contributed by atoms with van der Waals surface area (Å²) < 4.78 is 7.72. The summed E-state index contributed by atoms with van der Waals surface area (Å²) in [5.41, 5.74) is 2.63. The Morgan fingerprint density at radius 2 is 1.74 bits per heavy atom. The van der Waals surface area contributed by atoms with Crippen molar-refractivity contribution in [1.29, 1.82) is 0 Å². The van der Waals surface area contributed by atoms with Crippen molar-refractivity contribution in [3.63, 3.8) is 0 Å². The Kier molecular flexibility index (Phi) is 5.10. The van der Waals surface area contributed by atoms with Gasteiger partial charge in [0, 0.05) is 12.1 Å². The first-order valence-corrected chi connectivity index (χ1v) is 6.90. The summed E-state index contributed by atoms with van der Waals surface area (Å²) in [6, 6.07) is 14.8. The fourth-order valence-electron chi connectivity index (χ4n) is 1.97. The SMILES string of the molecule is CCC(C)c1ccc(COC[n+]2ccccc2)cc1. The minimum absolute atomic E-state index is 0.591. The van der Waals surface area contributed by atoms with Crippen molar-refractivity contribution < 1.29 is 9.30 Å². The highest BCUT2D eigenvalue weighted by Crippen LogP contribution is 2.18. The van der Waals surface area contributed by atoms with Crippen LogP contribution in [0, 0.1) is 0 Å². The molecule has 0 spiro atoms. The largest absolute Gasteiger partial charge is 0.318 e. The molecular weight excluding hydrogens is 234 g/mol. The molecule has 0 amide bonds. The van der Waals surface area contributed by atoms with Crippen molar-refractivity contribution in [2.24, 2.45) is 0 Å². The van der Waals surface area contributed by atoms with E-state index < -0.39 is 0 Å². The zero-order valence-corrected chi connectivity index (χ0v) is 11.8. The molecule has 1 aromatic carbocycles. The number of aromatic nitrogens is 1. The average Bonchev–Trinajstić information content (AvgIpc) is 2.48. The van der Waals surface area contributed by atoms with Crippen LogP contribution in [-0.4, -0.2) is 0 Å². The molecule has 0 radical (unpaired) electrons. The van der Waals surface area contributed by atoms with E-state index in [1.54, 1.807) is 0 Å². The summed E-state index contributed by atoms with van der Waals surface area (Å²) in [4.78, 5) is 0. The van der Waals surface area contributed by atoms with E-state index in [0.717, 1.165) is 0 Å². The molecule has 0 N–H and O–H groups in total. The van der Waals surface area contributed by atoms with E-state index in [9.17, 15) is 0 Å². The molecule has 0 saturated heterocycles. The van der Waals surface area contributed by atoms with Gasteiger partial charge in [0.2, 0.25) is 0 Å². The van der Waals surface area contributed by atoms with E-state index in [0.29, 0.717) is 19.3 Å². The van der Waals surface area contributed by atoms with Crippen LogP contribution >= 0.6 is 0 Å². The van der Waals surface area contributed by atoms with Crippen LogP contribution in [0.5, 0.6) is 0 Å². The Bertz CT molecular complexity index is 478. The smallest absolute Gasteiger partial charge is 0.252 e. The predicted molar refractivity (Wildman–Crippen MR) is 76.6 cm³/mol. The number of nitrogens with zero attached hydrogens (tertiary/aromatic N) is 1. The third-order valence-electron chi connectivity index (χ3n) is 3.45. The van der Waals surface area contributed by atoms with Crippen LogP contribution in [0.15, 0.2) is 54.9 Å². The topological polar surface area (TPSA) is 13.1 Å². The zero-order valence-electron chi connectivity index (χ0n) is 11.8. The number of rotatable bonds is 6. The van der Waals surface area contributed by atoms with Gasteiger partial charge < -0.3 is 4.74 Å². The van der Waals surface area contributed by atoms with Gasteiger partial charge in [0.05, 0.1) is 6.61 Å². The molecular formula is C17H22NO+. The minimum Gasteiger partial charge on any atom is -0.318 e. The summed E-state index contributed by atoms with van der Waals surface area (Å²) in [7, 11) is 0. The van der Waals surface area contributed by atoms with Gasteiger partial charge in [-0.05, 0) is 23.5 Å². The number of hydrogen-bond acceptors (Lipinski definition) is 1. The molecule has 0 bridgehead atoms. The average molecular weight is 256 g/mol. The van der Waals surface area contributed by atoms with Gasteiger partial charge in [0.1, 0.15) is 0 Å². The molecule has 19 heavy (non-hydrogen) atoms. The Morgan fingerprint density at radius 3 is 2.37 bits per heavy atom. The summed E-state index contributed by atoms with van der Waals surface area (Å²) in [6.07, 6.45) is 5.19. The highest BCUT2D eigenvalue weighted by molar-refractivity contribution is 5.24. The van der Waals surface area contributed by atoms with Crippen LogP contribution < -0.4 is 4.57 Å². The third-order valence-corrected chi connectivity index (χ3v) is 3.45. The molecule has 100 valence electrons. The van der Waals surface area contributed by atoms with E-state index >= 15 is 0 Å². The number of benzene rings is 1. The first-order chi connectivity index (χ1) is 9.29. The Hall–Kier alpha value is -1.67. The second-order valence-corrected chi connectivity index (χ2v) is 4.92. The lowest BCUT2D eigenvalue weighted by atomic mass is 9.98. The molecule has 2 aromatic rings. The quantitative estimate of drug-likeness (QED) is 0.719. The maximum absolute atomic E-state index is 5.70. The molecule has 0 saturated carbocycles. The lowest BCUT2D eigenvalue weighted by molar-refractivity contribution is -0.733. The van der Waals surface area contributed by atoms with Crippen LogP contribution in [0.2, 0.25) is 0 Å². The van der Waals surface area contributed by atoms with Gasteiger partial charge in [0.25, 0.3) is 6.73 Å². The first-order valence-electron chi connectivity index (χ1n) is 6.90. The normalized spacial score (nSPS) is 12.3. The highest BCUT2D eigenvalue weighted by Gasteiger charge is 2.03. The fourth-order valence-corrected chi connectivity index (χ4v) is 1.97. The summed E-state index contributed by atoms with van der Waals surface area (Å²) in [5, 5.41) is 0. The minimum atomic E-state index is 0.591. The van der Waals surface area contributed by atoms with E-state index in [-0.39, 0.29) is 0 Å². The van der Waals surface area contributed by atoms with Crippen molar-refractivity contribution in [3.8, 4) is 0 Å². The summed E-state index contributed by atoms with van der Waals surface area (Å²) in [6.45, 7) is 5.73. The van der Waals surface area contributed by atoms with Gasteiger partial charge >= 0.3 is 0 Å². The van der Waals surface area contributed by atoms with Crippen molar-refractivity contribution >= 4 is 0 Å². The van der Waals surface area contributed by atoms with Crippen molar-refractivity contribution in [3.05, 3.63) is 66.0 Å². The van der Waals surface area contributed by atoms with E-state index in [1.807, 2.05) is 35.2 Å². The lowest BCUT2D eigenvalue weighted by Crippen LogP contribution is -2.33. The molecule has 2 nitrogen and oxygen atoms in total. The molecule has 1 aromatic heterocycles. The highest BCUT2D eigenvalue weighted by atomic mass is 16.5. The predicted octanol–water partition coefficient (Wildman–Crippen LogP) is 3.66. The van der Waals surface area contributed by atoms with Crippen LogP contribution in [0.1, 0.15) is 37.3 Å². The Labute approximate surface area is 115 Å². The zero-order chi connectivity index (χ0) is 13.5. The fraction of sp³-hybridized carbons (Fsp3) is 0.353. The van der Waals surface area contributed by atoms with Crippen LogP contribution in [0.4, 0.5) is 0 Å². The molecule has 0 aliphatic heterocycles. The van der Waals surface area contributed by atoms with E-state index in [4.69, 9.17) is 4.74 Å². The van der Waals surface area contributed by atoms with Gasteiger partial charge in [-0.2, -0.15) is 4.57 Å². The third kappa shape index (κ3) is 4.18. The molecule has 0 fully saturated rings. The number of pyridine rings is 1. The van der Waals surface area contributed by atoms with Crippen molar-refractivity contribution in [2.45, 2.75) is 39.5 Å². The van der Waals surface area contributed by atoms with Gasteiger partial charge in [0.15, 0.2) is 12.4 Å². The molecule has 1 atom stereocenters. The standard InChI is InChI=1S/C17H22NO/c1-3-15(2)17-9-7-16(8-10-17)13-19-14-18-11-5-4-6-12-18/h4-12,15H,3,13-14H2,1-2H3/q+1. The summed E-state index contributed by atoms with van der Waals surface area (Å²) in [5.74, 6) is 0.634. The number of ether oxygens (including phenoxy) is 1. The monoisotopic (exact) mass is 256 g/mol. The van der Waals surface area contributed by atoms with Gasteiger partial charge in [-0.3, -0.25) is 0 Å². The van der Waals surface area contributed by atoms with Gasteiger partial charge in [-0.15, -0.1) is 0 Å². The number of hydrogen-bond donors (Lipinski definition) is 0.